The standard InChI is InChI=1S/C26H29N5OS/c1-26(2)16-18-13-14-21(19-8-4-3-5-9-19)28-22-11-6-12-23(29-22)33-30-25(32)20-10-7-15-27-24(20)31(26)17-18/h3-12,15,18,21H,13-14,16-17H2,1-2H3,(H,28,29)(H,30,32)/t18-,21?/m0/s1. The number of aromatic nitrogens is 2. The molecule has 1 aromatic carbocycles. The van der Waals surface area contributed by atoms with Crippen LogP contribution in [0.3, 0.4) is 0 Å². The number of benzene rings is 1. The fourth-order valence-electron chi connectivity index (χ4n) is 5.04. The normalized spacial score (nSPS) is 22.4. The fourth-order valence-corrected chi connectivity index (χ4v) is 5.63. The van der Waals surface area contributed by atoms with E-state index in [2.05, 4.69) is 64.1 Å². The van der Waals surface area contributed by atoms with Crippen LogP contribution in [0.2, 0.25) is 0 Å². The molecule has 4 bridgehead atoms. The van der Waals surface area contributed by atoms with E-state index in [1.54, 1.807) is 6.20 Å². The quantitative estimate of drug-likeness (QED) is 0.471. The monoisotopic (exact) mass is 459 g/mol. The van der Waals surface area contributed by atoms with Crippen LogP contribution in [0.25, 0.3) is 0 Å². The lowest BCUT2D eigenvalue weighted by Gasteiger charge is -2.33. The van der Waals surface area contributed by atoms with Gasteiger partial charge in [-0.1, -0.05) is 36.4 Å². The second-order valence-corrected chi connectivity index (χ2v) is 10.3. The van der Waals surface area contributed by atoms with Crippen molar-refractivity contribution in [2.24, 2.45) is 5.92 Å². The molecule has 0 aliphatic carbocycles. The molecular weight excluding hydrogens is 430 g/mol. The third-order valence-corrected chi connectivity index (χ3v) is 7.33. The maximum atomic E-state index is 13.1. The van der Waals surface area contributed by atoms with Crippen LogP contribution in [0.4, 0.5) is 11.6 Å². The number of carbonyl (C=O) groups is 1. The van der Waals surface area contributed by atoms with E-state index >= 15 is 0 Å². The maximum Gasteiger partial charge on any atom is 0.265 e. The van der Waals surface area contributed by atoms with Crippen LogP contribution < -0.4 is 14.9 Å². The van der Waals surface area contributed by atoms with Gasteiger partial charge >= 0.3 is 0 Å². The number of carbonyl (C=O) groups excluding carboxylic acids is 1. The number of anilines is 2. The van der Waals surface area contributed by atoms with E-state index < -0.39 is 0 Å². The first-order chi connectivity index (χ1) is 16.0. The second kappa shape index (κ2) is 9.06. The Morgan fingerprint density at radius 1 is 1.03 bits per heavy atom. The van der Waals surface area contributed by atoms with Crippen molar-refractivity contribution in [3.8, 4) is 0 Å². The van der Waals surface area contributed by atoms with Gasteiger partial charge in [0.05, 0.1) is 11.6 Å². The smallest absolute Gasteiger partial charge is 0.265 e. The summed E-state index contributed by atoms with van der Waals surface area (Å²) >= 11 is 1.23. The molecule has 7 heteroatoms. The van der Waals surface area contributed by atoms with Gasteiger partial charge in [-0.2, -0.15) is 0 Å². The summed E-state index contributed by atoms with van der Waals surface area (Å²) in [7, 11) is 0. The Kier molecular flexibility index (Phi) is 5.98. The van der Waals surface area contributed by atoms with Crippen LogP contribution >= 0.6 is 11.9 Å². The van der Waals surface area contributed by atoms with Gasteiger partial charge in [0.15, 0.2) is 0 Å². The zero-order valence-corrected chi connectivity index (χ0v) is 19.8. The predicted octanol–water partition coefficient (Wildman–Crippen LogP) is 5.47. The van der Waals surface area contributed by atoms with E-state index in [-0.39, 0.29) is 17.5 Å². The molecule has 0 radical (unpaired) electrons. The summed E-state index contributed by atoms with van der Waals surface area (Å²) < 4.78 is 2.97. The van der Waals surface area contributed by atoms with Crippen molar-refractivity contribution < 1.29 is 4.79 Å². The SMILES string of the molecule is CC1(C)C[C@@H]2CCC(c3ccccc3)Nc3cccc(n3)SNC(=O)c3cccnc3N1C2. The van der Waals surface area contributed by atoms with Gasteiger partial charge < -0.3 is 10.2 Å². The molecule has 2 aromatic heterocycles. The van der Waals surface area contributed by atoms with Crippen LogP contribution in [0.5, 0.6) is 0 Å². The molecule has 3 aromatic rings. The summed E-state index contributed by atoms with van der Waals surface area (Å²) in [6.07, 6.45) is 4.92. The largest absolute Gasteiger partial charge is 0.363 e. The van der Waals surface area contributed by atoms with Crippen molar-refractivity contribution in [2.75, 3.05) is 16.8 Å². The summed E-state index contributed by atoms with van der Waals surface area (Å²) in [4.78, 5) is 24.8. The van der Waals surface area contributed by atoms with Gasteiger partial charge in [-0.25, -0.2) is 9.97 Å². The number of pyridine rings is 2. The molecule has 1 fully saturated rings. The Morgan fingerprint density at radius 2 is 1.88 bits per heavy atom. The summed E-state index contributed by atoms with van der Waals surface area (Å²) in [6, 6.07) is 20.3. The Labute approximate surface area is 199 Å². The zero-order valence-electron chi connectivity index (χ0n) is 19.0. The number of amides is 1. The molecule has 2 aliphatic rings. The van der Waals surface area contributed by atoms with E-state index in [0.29, 0.717) is 11.5 Å². The minimum Gasteiger partial charge on any atom is -0.363 e. The van der Waals surface area contributed by atoms with Gasteiger partial charge in [0.2, 0.25) is 0 Å². The molecule has 5 rings (SSSR count). The van der Waals surface area contributed by atoms with Crippen LogP contribution in [0.15, 0.2) is 71.9 Å². The van der Waals surface area contributed by atoms with Gasteiger partial charge in [-0.05, 0) is 68.9 Å². The van der Waals surface area contributed by atoms with Crippen molar-refractivity contribution in [2.45, 2.75) is 49.7 Å². The first-order valence-corrected chi connectivity index (χ1v) is 12.3. The topological polar surface area (TPSA) is 70.1 Å². The zero-order chi connectivity index (χ0) is 22.8. The molecule has 2 atom stereocenters. The summed E-state index contributed by atoms with van der Waals surface area (Å²) in [6.45, 7) is 5.40. The van der Waals surface area contributed by atoms with E-state index in [4.69, 9.17) is 4.98 Å². The molecule has 0 saturated carbocycles. The Balaban J connectivity index is 1.52. The molecular formula is C26H29N5OS. The van der Waals surface area contributed by atoms with Crippen molar-refractivity contribution >= 4 is 29.5 Å². The molecule has 2 N–H and O–H groups in total. The first-order valence-electron chi connectivity index (χ1n) is 11.5. The maximum absolute atomic E-state index is 13.1. The molecule has 170 valence electrons. The molecule has 1 unspecified atom stereocenters. The van der Waals surface area contributed by atoms with Gasteiger partial charge in [0.1, 0.15) is 16.7 Å². The van der Waals surface area contributed by atoms with Gasteiger partial charge in [0.25, 0.3) is 5.91 Å². The Bertz CT molecular complexity index is 1140. The average Bonchev–Trinajstić information content (AvgIpc) is 3.14. The van der Waals surface area contributed by atoms with Crippen LogP contribution in [0, 0.1) is 5.92 Å². The fraction of sp³-hybridized carbons (Fsp3) is 0.346. The highest BCUT2D eigenvalue weighted by atomic mass is 32.2. The predicted molar refractivity (Wildman–Crippen MR) is 133 cm³/mol. The van der Waals surface area contributed by atoms with Crippen molar-refractivity contribution in [1.82, 2.24) is 14.7 Å². The molecule has 2 aliphatic heterocycles. The Morgan fingerprint density at radius 3 is 2.73 bits per heavy atom. The van der Waals surface area contributed by atoms with Gasteiger partial charge in [0, 0.05) is 30.2 Å². The molecule has 1 saturated heterocycles. The van der Waals surface area contributed by atoms with Crippen molar-refractivity contribution in [3.05, 3.63) is 78.0 Å². The summed E-state index contributed by atoms with van der Waals surface area (Å²) in [5.74, 6) is 1.94. The first kappa shape index (κ1) is 21.8. The average molecular weight is 460 g/mol. The van der Waals surface area contributed by atoms with E-state index in [0.717, 1.165) is 42.5 Å². The molecule has 33 heavy (non-hydrogen) atoms. The number of nitrogens with zero attached hydrogens (tertiary/aromatic N) is 3. The highest BCUT2D eigenvalue weighted by Gasteiger charge is 2.40. The third-order valence-electron chi connectivity index (χ3n) is 6.61. The third kappa shape index (κ3) is 4.69. The lowest BCUT2D eigenvalue weighted by Crippen LogP contribution is -2.40. The highest BCUT2D eigenvalue weighted by Crippen LogP contribution is 2.40. The minimum absolute atomic E-state index is 0.0697. The molecule has 4 heterocycles. The van der Waals surface area contributed by atoms with Crippen molar-refractivity contribution in [3.63, 3.8) is 0 Å². The number of hydrogen-bond acceptors (Lipinski definition) is 6. The van der Waals surface area contributed by atoms with Crippen LogP contribution in [-0.4, -0.2) is 28.0 Å². The van der Waals surface area contributed by atoms with E-state index in [1.165, 1.54) is 17.5 Å². The lowest BCUT2D eigenvalue weighted by atomic mass is 9.90. The number of fused-ring (bicyclic) bond motifs is 6. The number of nitrogens with one attached hydrogen (secondary N) is 2. The lowest BCUT2D eigenvalue weighted by molar-refractivity contribution is 0.0984. The number of hydrogen-bond donors (Lipinski definition) is 2. The second-order valence-electron chi connectivity index (χ2n) is 9.45. The van der Waals surface area contributed by atoms with Crippen molar-refractivity contribution in [1.29, 1.82) is 0 Å². The van der Waals surface area contributed by atoms with Gasteiger partial charge in [-0.3, -0.25) is 9.52 Å². The highest BCUT2D eigenvalue weighted by molar-refractivity contribution is 7.97. The molecule has 0 spiro atoms. The molecule has 6 nitrogen and oxygen atoms in total. The van der Waals surface area contributed by atoms with Gasteiger partial charge in [-0.15, -0.1) is 0 Å². The Hall–Kier alpha value is -3.06. The summed E-state index contributed by atoms with van der Waals surface area (Å²) in [5.41, 5.74) is 1.79. The summed E-state index contributed by atoms with van der Waals surface area (Å²) in [5, 5.41) is 4.39. The minimum atomic E-state index is -0.153. The van der Waals surface area contributed by atoms with E-state index in [1.807, 2.05) is 30.3 Å². The van der Waals surface area contributed by atoms with Crippen LogP contribution in [-0.2, 0) is 0 Å². The van der Waals surface area contributed by atoms with E-state index in [9.17, 15) is 4.79 Å². The molecule has 1 amide bonds. The number of rotatable bonds is 1. The van der Waals surface area contributed by atoms with Crippen LogP contribution in [0.1, 0.15) is 55.1 Å².